The van der Waals surface area contributed by atoms with Gasteiger partial charge in [0.05, 0.1) is 24.6 Å². The van der Waals surface area contributed by atoms with Gasteiger partial charge in [0.25, 0.3) is 5.91 Å². The number of hydrogen-bond acceptors (Lipinski definition) is 5. The minimum atomic E-state index is -0.427. The maximum atomic E-state index is 13.0. The minimum absolute atomic E-state index is 0.0691. The van der Waals surface area contributed by atoms with Crippen LogP contribution in [0, 0.1) is 5.92 Å². The number of nitrogens with zero attached hydrogens (tertiary/aromatic N) is 5. The van der Waals surface area contributed by atoms with Gasteiger partial charge < -0.3 is 14.4 Å². The molecule has 0 unspecified atom stereocenters. The Labute approximate surface area is 204 Å². The van der Waals surface area contributed by atoms with Gasteiger partial charge in [-0.1, -0.05) is 0 Å². The van der Waals surface area contributed by atoms with E-state index in [0.717, 1.165) is 47.2 Å². The number of amides is 1. The Morgan fingerprint density at radius 1 is 1.29 bits per heavy atom. The summed E-state index contributed by atoms with van der Waals surface area (Å²) in [6.45, 7) is 5.85. The molecule has 1 saturated carbocycles. The van der Waals surface area contributed by atoms with Crippen molar-refractivity contribution < 1.29 is 14.0 Å². The molecule has 1 fully saturated rings. The van der Waals surface area contributed by atoms with Crippen LogP contribution in [-0.4, -0.2) is 60.2 Å². The molecule has 0 bridgehead atoms. The van der Waals surface area contributed by atoms with Crippen molar-refractivity contribution in [2.45, 2.75) is 38.8 Å². The highest BCUT2D eigenvalue weighted by Gasteiger charge is 2.27. The number of aldehydes is 1. The van der Waals surface area contributed by atoms with E-state index in [1.807, 2.05) is 25.2 Å². The molecule has 0 N–H and O–H groups in total. The van der Waals surface area contributed by atoms with Gasteiger partial charge in [0, 0.05) is 43.3 Å². The first-order valence-electron chi connectivity index (χ1n) is 12.2. The second-order valence-electron chi connectivity index (χ2n) is 9.55. The number of hydrogen-bond donors (Lipinski definition) is 0. The quantitative estimate of drug-likeness (QED) is 0.318. The van der Waals surface area contributed by atoms with Crippen LogP contribution >= 0.6 is 0 Å². The van der Waals surface area contributed by atoms with Crippen molar-refractivity contribution >= 4 is 41.3 Å². The molecule has 1 aliphatic carbocycles. The second kappa shape index (κ2) is 9.60. The Balaban J connectivity index is 1.46. The molecule has 0 spiro atoms. The van der Waals surface area contributed by atoms with Crippen LogP contribution in [0.3, 0.4) is 0 Å². The first kappa shape index (κ1) is 23.2. The van der Waals surface area contributed by atoms with Crippen LogP contribution in [0.25, 0.3) is 11.0 Å². The van der Waals surface area contributed by atoms with E-state index in [2.05, 4.69) is 32.2 Å². The van der Waals surface area contributed by atoms with Crippen LogP contribution in [0.15, 0.2) is 35.3 Å². The molecule has 0 atom stereocenters. The zero-order valence-electron chi connectivity index (χ0n) is 20.0. The van der Waals surface area contributed by atoms with Crippen molar-refractivity contribution in [1.82, 2.24) is 14.5 Å². The fourth-order valence-electron chi connectivity index (χ4n) is 4.93. The van der Waals surface area contributed by atoms with Gasteiger partial charge in [0.1, 0.15) is 11.3 Å². The number of aliphatic imine (C=N–C) groups is 1. The molecule has 3 aromatic rings. The number of rotatable bonds is 10. The number of halogens is 1. The van der Waals surface area contributed by atoms with Crippen LogP contribution in [0.5, 0.6) is 0 Å². The lowest BCUT2D eigenvalue weighted by molar-refractivity contribution is 0.0735. The van der Waals surface area contributed by atoms with Crippen LogP contribution < -0.4 is 4.90 Å². The van der Waals surface area contributed by atoms with Crippen molar-refractivity contribution in [3.63, 3.8) is 0 Å². The van der Waals surface area contributed by atoms with Crippen molar-refractivity contribution in [2.75, 3.05) is 31.7 Å². The van der Waals surface area contributed by atoms with Gasteiger partial charge in [0.15, 0.2) is 6.29 Å². The lowest BCUT2D eigenvalue weighted by Crippen LogP contribution is -2.38. The predicted octanol–water partition coefficient (Wildman–Crippen LogP) is 4.59. The summed E-state index contributed by atoms with van der Waals surface area (Å²) in [6.07, 6.45) is 4.30. The van der Waals surface area contributed by atoms with Gasteiger partial charge in [-0.25, -0.2) is 4.98 Å². The summed E-state index contributed by atoms with van der Waals surface area (Å²) >= 11 is 0. The van der Waals surface area contributed by atoms with Gasteiger partial charge in [-0.05, 0) is 74.2 Å². The number of carbonyl (C=O) groups excluding carboxylic acids is 2. The van der Waals surface area contributed by atoms with Gasteiger partial charge in [-0.3, -0.25) is 19.0 Å². The molecule has 3 heterocycles. The number of pyridine rings is 1. The topological polar surface area (TPSA) is 70.8 Å². The number of carbonyl (C=O) groups is 2. The Kier molecular flexibility index (Phi) is 6.36. The SMILES string of the molecule is C=Nc1cc2c(cc1N(C)Cc1cc3ccc(C=O)nc3n1CC1CC1)CCN(CCCF)C2=O. The highest BCUT2D eigenvalue weighted by Crippen LogP contribution is 2.36. The van der Waals surface area contributed by atoms with E-state index in [0.29, 0.717) is 48.9 Å². The van der Waals surface area contributed by atoms with E-state index < -0.39 is 6.67 Å². The number of alkyl halides is 1. The van der Waals surface area contributed by atoms with Crippen LogP contribution in [0.1, 0.15) is 51.4 Å². The van der Waals surface area contributed by atoms with Crippen molar-refractivity contribution in [2.24, 2.45) is 10.9 Å². The summed E-state index contributed by atoms with van der Waals surface area (Å²) in [4.78, 5) is 36.9. The maximum Gasteiger partial charge on any atom is 0.254 e. The summed E-state index contributed by atoms with van der Waals surface area (Å²) in [7, 11) is 2.01. The summed E-state index contributed by atoms with van der Waals surface area (Å²) in [5, 5.41) is 1.02. The largest absolute Gasteiger partial charge is 0.367 e. The molecular formula is C27H30FN5O2. The molecule has 1 aromatic carbocycles. The first-order valence-corrected chi connectivity index (χ1v) is 12.2. The fourth-order valence-corrected chi connectivity index (χ4v) is 4.93. The van der Waals surface area contributed by atoms with Gasteiger partial charge in [0.2, 0.25) is 0 Å². The number of aromatic nitrogens is 2. The third kappa shape index (κ3) is 4.57. The van der Waals surface area contributed by atoms with E-state index in [9.17, 15) is 14.0 Å². The number of anilines is 1. The lowest BCUT2D eigenvalue weighted by Gasteiger charge is -2.30. The average Bonchev–Trinajstić information content (AvgIpc) is 3.64. The van der Waals surface area contributed by atoms with E-state index in [1.165, 1.54) is 12.8 Å². The van der Waals surface area contributed by atoms with Crippen LogP contribution in [-0.2, 0) is 19.5 Å². The predicted molar refractivity (Wildman–Crippen MR) is 136 cm³/mol. The Morgan fingerprint density at radius 3 is 2.83 bits per heavy atom. The zero-order valence-corrected chi connectivity index (χ0v) is 20.0. The Morgan fingerprint density at radius 2 is 2.11 bits per heavy atom. The smallest absolute Gasteiger partial charge is 0.254 e. The second-order valence-corrected chi connectivity index (χ2v) is 9.55. The first-order chi connectivity index (χ1) is 17.0. The summed E-state index contributed by atoms with van der Waals surface area (Å²) < 4.78 is 14.9. The van der Waals surface area contributed by atoms with E-state index >= 15 is 0 Å². The molecule has 1 amide bonds. The van der Waals surface area contributed by atoms with Crippen molar-refractivity contribution in [3.05, 3.63) is 52.8 Å². The molecule has 7 nitrogen and oxygen atoms in total. The summed E-state index contributed by atoms with van der Waals surface area (Å²) in [5.74, 6) is 0.581. The highest BCUT2D eigenvalue weighted by molar-refractivity contribution is 5.99. The molecule has 2 aliphatic rings. The monoisotopic (exact) mass is 475 g/mol. The molecule has 5 rings (SSSR count). The Hall–Kier alpha value is -3.55. The van der Waals surface area contributed by atoms with Crippen molar-refractivity contribution in [3.8, 4) is 0 Å². The molecule has 0 saturated heterocycles. The van der Waals surface area contributed by atoms with E-state index in [4.69, 9.17) is 0 Å². The van der Waals surface area contributed by atoms with Gasteiger partial charge in [-0.2, -0.15) is 0 Å². The minimum Gasteiger partial charge on any atom is -0.367 e. The molecule has 0 radical (unpaired) electrons. The fraction of sp³-hybridized carbons (Fsp3) is 0.407. The third-order valence-electron chi connectivity index (χ3n) is 7.02. The lowest BCUT2D eigenvalue weighted by atomic mass is 9.96. The van der Waals surface area contributed by atoms with Crippen LogP contribution in [0.2, 0.25) is 0 Å². The molecular weight excluding hydrogens is 445 g/mol. The van der Waals surface area contributed by atoms with E-state index in [-0.39, 0.29) is 5.91 Å². The van der Waals surface area contributed by atoms with Gasteiger partial charge >= 0.3 is 0 Å². The van der Waals surface area contributed by atoms with Crippen molar-refractivity contribution in [1.29, 1.82) is 0 Å². The molecule has 182 valence electrons. The number of benzene rings is 1. The normalized spacial score (nSPS) is 15.4. The molecule has 1 aliphatic heterocycles. The summed E-state index contributed by atoms with van der Waals surface area (Å²) in [6, 6.07) is 9.70. The van der Waals surface area contributed by atoms with Gasteiger partial charge in [-0.15, -0.1) is 0 Å². The zero-order chi connectivity index (χ0) is 24.5. The highest BCUT2D eigenvalue weighted by atomic mass is 19.1. The molecule has 2 aromatic heterocycles. The standard InChI is InChI=1S/C27H30FN5O2/c1-29-24-14-23-19(8-11-32(27(23)35)10-3-9-28)13-25(24)31(2)16-22-12-20-6-7-21(17-34)30-26(20)33(22)15-18-4-5-18/h6-7,12-14,17-18H,1,3-5,8-11,15-16H2,2H3. The maximum absolute atomic E-state index is 13.0. The molecule has 35 heavy (non-hydrogen) atoms. The Bertz CT molecular complexity index is 1300. The summed E-state index contributed by atoms with van der Waals surface area (Å²) in [5.41, 5.74) is 5.57. The van der Waals surface area contributed by atoms with Crippen LogP contribution in [0.4, 0.5) is 15.8 Å². The third-order valence-corrected chi connectivity index (χ3v) is 7.02. The molecule has 8 heteroatoms. The number of fused-ring (bicyclic) bond motifs is 2. The average molecular weight is 476 g/mol. The van der Waals surface area contributed by atoms with E-state index in [1.54, 1.807) is 11.0 Å².